The van der Waals surface area contributed by atoms with Crippen LogP contribution in [0.25, 0.3) is 0 Å². The average Bonchev–Trinajstić information content (AvgIpc) is 2.62. The number of aromatic nitrogens is 1. The molecule has 1 N–H and O–H groups in total. The van der Waals surface area contributed by atoms with Gasteiger partial charge in [0.05, 0.1) is 12.0 Å². The molecule has 1 aliphatic heterocycles. The van der Waals surface area contributed by atoms with Crippen molar-refractivity contribution in [3.63, 3.8) is 0 Å². The summed E-state index contributed by atoms with van der Waals surface area (Å²) in [6.07, 6.45) is 4.11. The van der Waals surface area contributed by atoms with E-state index in [-0.39, 0.29) is 17.6 Å². The maximum absolute atomic E-state index is 13.6. The predicted octanol–water partition coefficient (Wildman–Crippen LogP) is 2.45. The Morgan fingerprint density at radius 1 is 1.32 bits per heavy atom. The number of likely N-dealkylation sites (tertiary alicyclic amines) is 1. The Balaban J connectivity index is 1.79. The van der Waals surface area contributed by atoms with Crippen LogP contribution in [0.5, 0.6) is 0 Å². The van der Waals surface area contributed by atoms with Crippen molar-refractivity contribution < 1.29 is 14.0 Å². The molecule has 1 fully saturated rings. The number of carbonyl (C=O) groups excluding carboxylic acids is 2. The molecular formula is C19H20FN3O2. The minimum Gasteiger partial charge on any atom is -0.352 e. The molecular weight excluding hydrogens is 321 g/mol. The van der Waals surface area contributed by atoms with Crippen molar-refractivity contribution in [3.05, 3.63) is 65.7 Å². The number of rotatable bonds is 4. The van der Waals surface area contributed by atoms with Gasteiger partial charge < -0.3 is 10.2 Å². The number of nitrogens with zero attached hydrogens (tertiary/aromatic N) is 2. The number of pyridine rings is 1. The third-order valence-electron chi connectivity index (χ3n) is 4.60. The first-order valence-electron chi connectivity index (χ1n) is 8.24. The van der Waals surface area contributed by atoms with Crippen LogP contribution in [0.3, 0.4) is 0 Å². The van der Waals surface area contributed by atoms with E-state index in [4.69, 9.17) is 0 Å². The maximum Gasteiger partial charge on any atom is 0.225 e. The van der Waals surface area contributed by atoms with E-state index in [1.165, 1.54) is 12.1 Å². The summed E-state index contributed by atoms with van der Waals surface area (Å²) in [5.41, 5.74) is 1.59. The average molecular weight is 341 g/mol. The van der Waals surface area contributed by atoms with Crippen molar-refractivity contribution in [1.29, 1.82) is 0 Å². The summed E-state index contributed by atoms with van der Waals surface area (Å²) in [6.45, 7) is 0.394. The lowest BCUT2D eigenvalue weighted by Gasteiger charge is -2.38. The first-order valence-corrected chi connectivity index (χ1v) is 8.24. The molecule has 0 aliphatic carbocycles. The van der Waals surface area contributed by atoms with Crippen LogP contribution in [0.4, 0.5) is 4.39 Å². The topological polar surface area (TPSA) is 62.3 Å². The van der Waals surface area contributed by atoms with Gasteiger partial charge in [-0.3, -0.25) is 14.6 Å². The van der Waals surface area contributed by atoms with E-state index < -0.39 is 12.0 Å². The maximum atomic E-state index is 13.6. The normalized spacial score (nSPS) is 20.4. The van der Waals surface area contributed by atoms with Crippen molar-refractivity contribution in [1.82, 2.24) is 15.2 Å². The molecule has 1 aromatic carbocycles. The Labute approximate surface area is 145 Å². The lowest BCUT2D eigenvalue weighted by Crippen LogP contribution is -2.46. The fourth-order valence-electron chi connectivity index (χ4n) is 3.28. The third-order valence-corrected chi connectivity index (χ3v) is 4.60. The zero-order chi connectivity index (χ0) is 17.8. The van der Waals surface area contributed by atoms with Crippen molar-refractivity contribution >= 4 is 11.8 Å². The van der Waals surface area contributed by atoms with E-state index in [0.29, 0.717) is 24.9 Å². The Morgan fingerprint density at radius 2 is 2.08 bits per heavy atom. The van der Waals surface area contributed by atoms with Gasteiger partial charge in [-0.15, -0.1) is 0 Å². The van der Waals surface area contributed by atoms with Crippen molar-refractivity contribution in [3.8, 4) is 0 Å². The van der Waals surface area contributed by atoms with Crippen LogP contribution in [0.2, 0.25) is 0 Å². The summed E-state index contributed by atoms with van der Waals surface area (Å²) in [7, 11) is 1.67. The number of hydrogen-bond acceptors (Lipinski definition) is 3. The second kappa shape index (κ2) is 7.42. The minimum absolute atomic E-state index is 0.0348. The molecule has 130 valence electrons. The molecule has 2 heterocycles. The summed E-state index contributed by atoms with van der Waals surface area (Å²) in [4.78, 5) is 30.3. The molecule has 2 amide bonds. The van der Waals surface area contributed by atoms with Gasteiger partial charge in [-0.1, -0.05) is 12.1 Å². The van der Waals surface area contributed by atoms with E-state index in [9.17, 15) is 14.0 Å². The van der Waals surface area contributed by atoms with Crippen LogP contribution < -0.4 is 5.32 Å². The molecule has 2 aromatic rings. The van der Waals surface area contributed by atoms with Gasteiger partial charge >= 0.3 is 0 Å². The van der Waals surface area contributed by atoms with Gasteiger partial charge in [-0.05, 0) is 41.8 Å². The standard InChI is InChI=1S/C19H20FN3O2/c1-23-17(24)6-5-16(18(23)14-3-2-4-15(20)11-14)19(25)22-12-13-7-9-21-10-8-13/h2-4,7-11,16,18H,5-6,12H2,1H3,(H,22,25)/t16-,18-/m0/s1. The molecule has 1 saturated heterocycles. The highest BCUT2D eigenvalue weighted by Crippen LogP contribution is 2.36. The largest absolute Gasteiger partial charge is 0.352 e. The van der Waals surface area contributed by atoms with E-state index in [0.717, 1.165) is 5.56 Å². The van der Waals surface area contributed by atoms with Crippen LogP contribution in [0.1, 0.15) is 30.0 Å². The molecule has 2 atom stereocenters. The molecule has 3 rings (SSSR count). The minimum atomic E-state index is -0.464. The lowest BCUT2D eigenvalue weighted by atomic mass is 9.84. The zero-order valence-electron chi connectivity index (χ0n) is 14.0. The van der Waals surface area contributed by atoms with E-state index in [1.807, 2.05) is 12.1 Å². The third kappa shape index (κ3) is 3.84. The Kier molecular flexibility index (Phi) is 5.07. The fourth-order valence-corrected chi connectivity index (χ4v) is 3.28. The zero-order valence-corrected chi connectivity index (χ0v) is 14.0. The summed E-state index contributed by atoms with van der Waals surface area (Å²) in [5.74, 6) is -0.955. The molecule has 0 unspecified atom stereocenters. The SMILES string of the molecule is CN1C(=O)CC[C@H](C(=O)NCc2ccncc2)[C@@H]1c1cccc(F)c1. The quantitative estimate of drug-likeness (QED) is 0.929. The first kappa shape index (κ1) is 17.1. The number of piperidine rings is 1. The molecule has 0 saturated carbocycles. The molecule has 25 heavy (non-hydrogen) atoms. The Hall–Kier alpha value is -2.76. The number of carbonyl (C=O) groups is 2. The number of halogens is 1. The highest BCUT2D eigenvalue weighted by Gasteiger charge is 2.38. The summed E-state index contributed by atoms with van der Waals surface area (Å²) >= 11 is 0. The highest BCUT2D eigenvalue weighted by molar-refractivity contribution is 5.84. The number of amides is 2. The molecule has 0 spiro atoms. The van der Waals surface area contributed by atoms with Crippen LogP contribution in [0, 0.1) is 11.7 Å². The van der Waals surface area contributed by atoms with Gasteiger partial charge in [0.15, 0.2) is 0 Å². The molecule has 0 radical (unpaired) electrons. The number of hydrogen-bond donors (Lipinski definition) is 1. The molecule has 0 bridgehead atoms. The van der Waals surface area contributed by atoms with E-state index in [2.05, 4.69) is 10.3 Å². The molecule has 1 aliphatic rings. The van der Waals surface area contributed by atoms with Crippen LogP contribution in [0.15, 0.2) is 48.8 Å². The smallest absolute Gasteiger partial charge is 0.225 e. The molecule has 5 nitrogen and oxygen atoms in total. The summed E-state index contributed by atoms with van der Waals surface area (Å²) in [6, 6.07) is 9.31. The van der Waals surface area contributed by atoms with Gasteiger partial charge in [-0.2, -0.15) is 0 Å². The first-order chi connectivity index (χ1) is 12.1. The van der Waals surface area contributed by atoms with Gasteiger partial charge in [0.2, 0.25) is 11.8 Å². The van der Waals surface area contributed by atoms with Crippen LogP contribution in [-0.2, 0) is 16.1 Å². The van der Waals surface area contributed by atoms with Crippen molar-refractivity contribution in [2.45, 2.75) is 25.4 Å². The summed E-state index contributed by atoms with van der Waals surface area (Å²) < 4.78 is 13.6. The van der Waals surface area contributed by atoms with Gasteiger partial charge in [-0.25, -0.2) is 4.39 Å². The second-order valence-corrected chi connectivity index (χ2v) is 6.22. The number of nitrogens with one attached hydrogen (secondary N) is 1. The molecule has 1 aromatic heterocycles. The predicted molar refractivity (Wildman–Crippen MR) is 90.7 cm³/mol. The fraction of sp³-hybridized carbons (Fsp3) is 0.316. The second-order valence-electron chi connectivity index (χ2n) is 6.22. The summed E-state index contributed by atoms with van der Waals surface area (Å²) in [5, 5.41) is 2.92. The van der Waals surface area contributed by atoms with Gasteiger partial charge in [0.1, 0.15) is 5.82 Å². The Bertz CT molecular complexity index is 766. The van der Waals surface area contributed by atoms with Crippen molar-refractivity contribution in [2.24, 2.45) is 5.92 Å². The monoisotopic (exact) mass is 341 g/mol. The van der Waals surface area contributed by atoms with E-state index in [1.54, 1.807) is 36.5 Å². The van der Waals surface area contributed by atoms with Crippen LogP contribution >= 0.6 is 0 Å². The highest BCUT2D eigenvalue weighted by atomic mass is 19.1. The van der Waals surface area contributed by atoms with Gasteiger partial charge in [0, 0.05) is 32.4 Å². The number of benzene rings is 1. The van der Waals surface area contributed by atoms with Crippen LogP contribution in [-0.4, -0.2) is 28.7 Å². The van der Waals surface area contributed by atoms with Gasteiger partial charge in [0.25, 0.3) is 0 Å². The Morgan fingerprint density at radius 3 is 2.80 bits per heavy atom. The van der Waals surface area contributed by atoms with Crippen molar-refractivity contribution in [2.75, 3.05) is 7.05 Å². The van der Waals surface area contributed by atoms with E-state index >= 15 is 0 Å². The molecule has 6 heteroatoms. The lowest BCUT2D eigenvalue weighted by molar-refractivity contribution is -0.141.